The highest BCUT2D eigenvalue weighted by atomic mass is 19.3. The molecule has 2 aromatic rings. The highest BCUT2D eigenvalue weighted by molar-refractivity contribution is 6.04. The van der Waals surface area contributed by atoms with Crippen LogP contribution in [0, 0.1) is 11.3 Å². The first-order valence-electron chi connectivity index (χ1n) is 8.20. The molecule has 2 atom stereocenters. The fraction of sp³-hybridized carbons (Fsp3) is 0.389. The topological polar surface area (TPSA) is 60.2 Å². The molecule has 7 heteroatoms. The fourth-order valence-electron chi connectivity index (χ4n) is 3.78. The summed E-state index contributed by atoms with van der Waals surface area (Å²) in [7, 11) is 0. The third kappa shape index (κ3) is 2.58. The monoisotopic (exact) mass is 342 g/mol. The van der Waals surface area contributed by atoms with E-state index in [1.165, 1.54) is 9.80 Å². The number of fused-ring (bicyclic) bond motifs is 1. The highest BCUT2D eigenvalue weighted by Crippen LogP contribution is 2.40. The van der Waals surface area contributed by atoms with Crippen LogP contribution in [0.3, 0.4) is 0 Å². The summed E-state index contributed by atoms with van der Waals surface area (Å²) in [5.41, 5.74) is 0.543. The standard InChI is InChI=1S/C18H16F2N4O/c19-18(20)6-5-13(7-18)23-11-14(8-21)24(17(23)25)16-10-22-9-12-3-1-2-4-15(12)16/h1-4,9-10,13-14H,5-7,11H2/t13-,14+/m0/s1. The van der Waals surface area contributed by atoms with Crippen LogP contribution in [0.5, 0.6) is 0 Å². The summed E-state index contributed by atoms with van der Waals surface area (Å²) in [6.45, 7) is 0.138. The largest absolute Gasteiger partial charge is 0.326 e. The van der Waals surface area contributed by atoms with Crippen LogP contribution in [0.25, 0.3) is 10.8 Å². The second-order valence-electron chi connectivity index (χ2n) is 6.58. The van der Waals surface area contributed by atoms with Gasteiger partial charge in [-0.15, -0.1) is 0 Å². The number of nitrogens with zero attached hydrogens (tertiary/aromatic N) is 4. The van der Waals surface area contributed by atoms with Crippen molar-refractivity contribution in [3.05, 3.63) is 36.7 Å². The minimum atomic E-state index is -2.73. The lowest BCUT2D eigenvalue weighted by molar-refractivity contribution is 0.00359. The van der Waals surface area contributed by atoms with Crippen LogP contribution in [-0.4, -0.2) is 40.5 Å². The molecule has 4 rings (SSSR count). The lowest BCUT2D eigenvalue weighted by Crippen LogP contribution is -2.39. The van der Waals surface area contributed by atoms with E-state index in [-0.39, 0.29) is 25.8 Å². The first-order valence-corrected chi connectivity index (χ1v) is 8.20. The number of urea groups is 1. The maximum absolute atomic E-state index is 13.6. The number of pyridine rings is 1. The molecule has 1 aromatic heterocycles. The Balaban J connectivity index is 1.72. The molecule has 0 radical (unpaired) electrons. The molecule has 1 saturated carbocycles. The van der Waals surface area contributed by atoms with Gasteiger partial charge in [-0.2, -0.15) is 5.26 Å². The van der Waals surface area contributed by atoms with Gasteiger partial charge in [0.1, 0.15) is 6.04 Å². The average molecular weight is 342 g/mol. The summed E-state index contributed by atoms with van der Waals surface area (Å²) in [6, 6.07) is 7.96. The third-order valence-electron chi connectivity index (χ3n) is 5.01. The minimum absolute atomic E-state index is 0.138. The summed E-state index contributed by atoms with van der Waals surface area (Å²) in [4.78, 5) is 19.9. The van der Waals surface area contributed by atoms with Crippen molar-refractivity contribution in [2.75, 3.05) is 11.4 Å². The Morgan fingerprint density at radius 3 is 2.80 bits per heavy atom. The molecule has 1 saturated heterocycles. The molecule has 1 aromatic carbocycles. The van der Waals surface area contributed by atoms with Gasteiger partial charge in [0.2, 0.25) is 5.92 Å². The Morgan fingerprint density at radius 2 is 2.08 bits per heavy atom. The van der Waals surface area contributed by atoms with Gasteiger partial charge in [-0.3, -0.25) is 9.88 Å². The SMILES string of the molecule is N#C[C@@H]1CN([C@H]2CCC(F)(F)C2)C(=O)N1c1cncc2ccccc12. The zero-order valence-electron chi connectivity index (χ0n) is 13.4. The number of anilines is 1. The van der Waals surface area contributed by atoms with Crippen molar-refractivity contribution in [2.24, 2.45) is 0 Å². The van der Waals surface area contributed by atoms with E-state index in [1.54, 1.807) is 12.4 Å². The fourth-order valence-corrected chi connectivity index (χ4v) is 3.78. The molecular weight excluding hydrogens is 326 g/mol. The maximum Gasteiger partial charge on any atom is 0.326 e. The van der Waals surface area contributed by atoms with Crippen molar-refractivity contribution in [3.8, 4) is 6.07 Å². The third-order valence-corrected chi connectivity index (χ3v) is 5.01. The number of hydrogen-bond acceptors (Lipinski definition) is 3. The van der Waals surface area contributed by atoms with E-state index in [9.17, 15) is 18.8 Å². The highest BCUT2D eigenvalue weighted by Gasteiger charge is 2.48. The van der Waals surface area contributed by atoms with Crippen LogP contribution in [0.4, 0.5) is 19.3 Å². The van der Waals surface area contributed by atoms with E-state index in [0.717, 1.165) is 10.8 Å². The normalized spacial score (nSPS) is 25.6. The second-order valence-corrected chi connectivity index (χ2v) is 6.58. The average Bonchev–Trinajstić information content (AvgIpc) is 3.13. The summed E-state index contributed by atoms with van der Waals surface area (Å²) < 4.78 is 27.1. The Labute approximate surface area is 143 Å². The molecule has 25 heavy (non-hydrogen) atoms. The molecule has 2 aliphatic rings. The molecule has 0 N–H and O–H groups in total. The number of nitriles is 1. The van der Waals surface area contributed by atoms with Gasteiger partial charge in [0, 0.05) is 35.9 Å². The van der Waals surface area contributed by atoms with E-state index < -0.39 is 24.0 Å². The van der Waals surface area contributed by atoms with E-state index in [2.05, 4.69) is 11.1 Å². The molecule has 2 fully saturated rings. The number of halogens is 2. The smallest absolute Gasteiger partial charge is 0.318 e. The van der Waals surface area contributed by atoms with Gasteiger partial charge in [-0.1, -0.05) is 24.3 Å². The van der Waals surface area contributed by atoms with Crippen LogP contribution >= 0.6 is 0 Å². The van der Waals surface area contributed by atoms with Gasteiger partial charge in [-0.25, -0.2) is 13.6 Å². The van der Waals surface area contributed by atoms with Crippen molar-refractivity contribution < 1.29 is 13.6 Å². The zero-order chi connectivity index (χ0) is 17.6. The summed E-state index contributed by atoms with van der Waals surface area (Å²) in [6.07, 6.45) is 2.96. The number of hydrogen-bond donors (Lipinski definition) is 0. The van der Waals surface area contributed by atoms with E-state index in [4.69, 9.17) is 0 Å². The lowest BCUT2D eigenvalue weighted by Gasteiger charge is -2.24. The number of alkyl halides is 2. The van der Waals surface area contributed by atoms with Crippen LogP contribution in [-0.2, 0) is 0 Å². The summed E-state index contributed by atoms with van der Waals surface area (Å²) >= 11 is 0. The molecule has 1 aliphatic carbocycles. The van der Waals surface area contributed by atoms with E-state index >= 15 is 0 Å². The molecule has 0 spiro atoms. The first-order chi connectivity index (χ1) is 12.0. The first kappa shape index (κ1) is 15.8. The predicted molar refractivity (Wildman–Crippen MR) is 88.3 cm³/mol. The molecule has 0 bridgehead atoms. The predicted octanol–water partition coefficient (Wildman–Crippen LogP) is 3.56. The lowest BCUT2D eigenvalue weighted by atomic mass is 10.1. The molecule has 1 aliphatic heterocycles. The zero-order valence-corrected chi connectivity index (χ0v) is 13.4. The number of benzene rings is 1. The Morgan fingerprint density at radius 1 is 1.28 bits per heavy atom. The Hall–Kier alpha value is -2.75. The van der Waals surface area contributed by atoms with Gasteiger partial charge in [0.25, 0.3) is 0 Å². The van der Waals surface area contributed by atoms with Gasteiger partial charge in [0.05, 0.1) is 24.5 Å². The van der Waals surface area contributed by atoms with E-state index in [1.807, 2.05) is 24.3 Å². The number of rotatable bonds is 2. The van der Waals surface area contributed by atoms with Crippen LogP contribution in [0.15, 0.2) is 36.7 Å². The number of carbonyl (C=O) groups is 1. The number of amides is 2. The van der Waals surface area contributed by atoms with Crippen LogP contribution < -0.4 is 4.90 Å². The quantitative estimate of drug-likeness (QED) is 0.838. The van der Waals surface area contributed by atoms with Crippen molar-refractivity contribution >= 4 is 22.5 Å². The number of carbonyl (C=O) groups excluding carboxylic acids is 1. The molecule has 2 amide bonds. The van der Waals surface area contributed by atoms with Crippen molar-refractivity contribution in [3.63, 3.8) is 0 Å². The van der Waals surface area contributed by atoms with Gasteiger partial charge >= 0.3 is 6.03 Å². The molecule has 0 unspecified atom stereocenters. The molecular formula is C18H16F2N4O. The second kappa shape index (κ2) is 5.66. The van der Waals surface area contributed by atoms with Crippen LogP contribution in [0.2, 0.25) is 0 Å². The van der Waals surface area contributed by atoms with Crippen molar-refractivity contribution in [2.45, 2.75) is 37.3 Å². The van der Waals surface area contributed by atoms with Gasteiger partial charge < -0.3 is 4.90 Å². The summed E-state index contributed by atoms with van der Waals surface area (Å²) in [5, 5.41) is 11.2. The Bertz CT molecular complexity index is 874. The van der Waals surface area contributed by atoms with Crippen molar-refractivity contribution in [1.29, 1.82) is 5.26 Å². The molecule has 5 nitrogen and oxygen atoms in total. The molecule has 2 heterocycles. The van der Waals surface area contributed by atoms with Crippen molar-refractivity contribution in [1.82, 2.24) is 9.88 Å². The maximum atomic E-state index is 13.6. The van der Waals surface area contributed by atoms with Gasteiger partial charge in [0.15, 0.2) is 0 Å². The minimum Gasteiger partial charge on any atom is -0.318 e. The summed E-state index contributed by atoms with van der Waals surface area (Å²) in [5.74, 6) is -2.73. The Kier molecular flexibility index (Phi) is 3.57. The van der Waals surface area contributed by atoms with Gasteiger partial charge in [-0.05, 0) is 6.42 Å². The number of aromatic nitrogens is 1. The van der Waals surface area contributed by atoms with Crippen LogP contribution in [0.1, 0.15) is 19.3 Å². The van der Waals surface area contributed by atoms with E-state index in [0.29, 0.717) is 5.69 Å². The molecule has 128 valence electrons.